The first-order valence-electron chi connectivity index (χ1n) is 4.31. The molecule has 0 radical (unpaired) electrons. The molecule has 0 atom stereocenters. The Balaban J connectivity index is 2.35. The third-order valence-electron chi connectivity index (χ3n) is 1.98. The lowest BCUT2D eigenvalue weighted by Crippen LogP contribution is -2.03. The first-order chi connectivity index (χ1) is 6.42. The Hall–Kier alpha value is -1.06. The number of rotatable bonds is 3. The molecule has 0 saturated heterocycles. The molecule has 13 heavy (non-hydrogen) atoms. The summed E-state index contributed by atoms with van der Waals surface area (Å²) >= 11 is 1.77. The first kappa shape index (κ1) is 8.53. The molecule has 2 aromatic rings. The summed E-state index contributed by atoms with van der Waals surface area (Å²) in [5.74, 6) is 0. The van der Waals surface area contributed by atoms with Gasteiger partial charge >= 0.3 is 0 Å². The molecule has 0 unspecified atom stereocenters. The minimum absolute atomic E-state index is 0.717. The molecule has 0 aliphatic carbocycles. The van der Waals surface area contributed by atoms with Crippen molar-refractivity contribution in [3.05, 3.63) is 40.8 Å². The number of nitrogens with zero attached hydrogens (tertiary/aromatic N) is 1. The molecule has 0 aromatic carbocycles. The van der Waals surface area contributed by atoms with Gasteiger partial charge in [0.1, 0.15) is 0 Å². The van der Waals surface area contributed by atoms with E-state index in [9.17, 15) is 0 Å². The Morgan fingerprint density at radius 1 is 1.31 bits per heavy atom. The molecule has 0 saturated carbocycles. The SMILES string of the molecule is NCCc1sccc1-n1cccc1. The van der Waals surface area contributed by atoms with Crippen LogP contribution in [0.15, 0.2) is 36.0 Å². The van der Waals surface area contributed by atoms with Crippen molar-refractivity contribution in [2.75, 3.05) is 6.54 Å². The molecule has 0 aliphatic heterocycles. The predicted molar refractivity (Wildman–Crippen MR) is 56.4 cm³/mol. The number of aromatic nitrogens is 1. The topological polar surface area (TPSA) is 30.9 Å². The number of hydrogen-bond donors (Lipinski definition) is 1. The molecule has 68 valence electrons. The van der Waals surface area contributed by atoms with Crippen LogP contribution in [0.2, 0.25) is 0 Å². The Kier molecular flexibility index (Phi) is 2.47. The van der Waals surface area contributed by atoms with Gasteiger partial charge in [-0.15, -0.1) is 11.3 Å². The van der Waals surface area contributed by atoms with Crippen molar-refractivity contribution in [3.63, 3.8) is 0 Å². The molecule has 2 heterocycles. The van der Waals surface area contributed by atoms with Crippen LogP contribution in [-0.2, 0) is 6.42 Å². The van der Waals surface area contributed by atoms with E-state index in [1.807, 2.05) is 12.1 Å². The van der Waals surface area contributed by atoms with E-state index in [1.165, 1.54) is 10.6 Å². The highest BCUT2D eigenvalue weighted by Gasteiger charge is 2.03. The van der Waals surface area contributed by atoms with Crippen LogP contribution in [0.1, 0.15) is 4.88 Å². The average Bonchev–Trinajstić information content (AvgIpc) is 2.71. The number of thiophene rings is 1. The monoisotopic (exact) mass is 192 g/mol. The number of hydrogen-bond acceptors (Lipinski definition) is 2. The maximum atomic E-state index is 5.54. The van der Waals surface area contributed by atoms with E-state index in [0.29, 0.717) is 0 Å². The highest BCUT2D eigenvalue weighted by atomic mass is 32.1. The van der Waals surface area contributed by atoms with E-state index < -0.39 is 0 Å². The third kappa shape index (κ3) is 1.66. The fourth-order valence-electron chi connectivity index (χ4n) is 1.38. The van der Waals surface area contributed by atoms with E-state index in [2.05, 4.69) is 28.4 Å². The predicted octanol–water partition coefficient (Wildman–Crippen LogP) is 2.04. The van der Waals surface area contributed by atoms with Crippen molar-refractivity contribution >= 4 is 11.3 Å². The van der Waals surface area contributed by atoms with E-state index >= 15 is 0 Å². The highest BCUT2D eigenvalue weighted by molar-refractivity contribution is 7.10. The third-order valence-corrected chi connectivity index (χ3v) is 2.95. The van der Waals surface area contributed by atoms with Gasteiger partial charge in [0.25, 0.3) is 0 Å². The molecule has 0 spiro atoms. The zero-order valence-corrected chi connectivity index (χ0v) is 8.13. The normalized spacial score (nSPS) is 10.5. The first-order valence-corrected chi connectivity index (χ1v) is 5.19. The zero-order valence-electron chi connectivity index (χ0n) is 7.31. The molecular weight excluding hydrogens is 180 g/mol. The van der Waals surface area contributed by atoms with Crippen molar-refractivity contribution in [1.29, 1.82) is 0 Å². The van der Waals surface area contributed by atoms with E-state index in [1.54, 1.807) is 11.3 Å². The van der Waals surface area contributed by atoms with Gasteiger partial charge in [0.15, 0.2) is 0 Å². The lowest BCUT2D eigenvalue weighted by molar-refractivity contribution is 0.961. The van der Waals surface area contributed by atoms with Crippen LogP contribution in [0.25, 0.3) is 5.69 Å². The minimum Gasteiger partial charge on any atom is -0.330 e. The van der Waals surface area contributed by atoms with Crippen LogP contribution < -0.4 is 5.73 Å². The van der Waals surface area contributed by atoms with Crippen molar-refractivity contribution in [1.82, 2.24) is 4.57 Å². The molecule has 2 N–H and O–H groups in total. The van der Waals surface area contributed by atoms with Crippen molar-refractivity contribution in [2.45, 2.75) is 6.42 Å². The maximum absolute atomic E-state index is 5.54. The summed E-state index contributed by atoms with van der Waals surface area (Å²) in [6.07, 6.45) is 5.08. The summed E-state index contributed by atoms with van der Waals surface area (Å²) in [4.78, 5) is 1.36. The fraction of sp³-hybridized carbons (Fsp3) is 0.200. The van der Waals surface area contributed by atoms with Gasteiger partial charge in [-0.1, -0.05) is 0 Å². The Morgan fingerprint density at radius 3 is 2.77 bits per heavy atom. The van der Waals surface area contributed by atoms with Crippen LogP contribution in [0.4, 0.5) is 0 Å². The zero-order chi connectivity index (χ0) is 9.10. The van der Waals surface area contributed by atoms with Crippen molar-refractivity contribution in [2.24, 2.45) is 5.73 Å². The van der Waals surface area contributed by atoms with Crippen LogP contribution in [0, 0.1) is 0 Å². The van der Waals surface area contributed by atoms with E-state index in [4.69, 9.17) is 5.73 Å². The lowest BCUT2D eigenvalue weighted by Gasteiger charge is -2.02. The van der Waals surface area contributed by atoms with E-state index in [-0.39, 0.29) is 0 Å². The van der Waals surface area contributed by atoms with Gasteiger partial charge in [0, 0.05) is 17.3 Å². The Bertz CT molecular complexity index is 362. The van der Waals surface area contributed by atoms with Crippen LogP contribution in [-0.4, -0.2) is 11.1 Å². The van der Waals surface area contributed by atoms with Crippen molar-refractivity contribution < 1.29 is 0 Å². The summed E-state index contributed by atoms with van der Waals surface area (Å²) in [7, 11) is 0. The van der Waals surface area contributed by atoms with Gasteiger partial charge in [-0.2, -0.15) is 0 Å². The van der Waals surface area contributed by atoms with Gasteiger partial charge in [-0.25, -0.2) is 0 Å². The lowest BCUT2D eigenvalue weighted by atomic mass is 10.3. The van der Waals surface area contributed by atoms with Gasteiger partial charge in [-0.05, 0) is 36.5 Å². The molecule has 0 amide bonds. The van der Waals surface area contributed by atoms with Crippen LogP contribution in [0.5, 0.6) is 0 Å². The second kappa shape index (κ2) is 3.77. The molecule has 0 aliphatic rings. The molecular formula is C10H12N2S. The minimum atomic E-state index is 0.717. The highest BCUT2D eigenvalue weighted by Crippen LogP contribution is 2.21. The summed E-state index contributed by atoms with van der Waals surface area (Å²) in [6, 6.07) is 6.20. The molecule has 0 fully saturated rings. The summed E-state index contributed by atoms with van der Waals surface area (Å²) < 4.78 is 2.13. The second-order valence-corrected chi connectivity index (χ2v) is 3.86. The van der Waals surface area contributed by atoms with Gasteiger partial charge in [-0.3, -0.25) is 0 Å². The van der Waals surface area contributed by atoms with Crippen LogP contribution in [0.3, 0.4) is 0 Å². The Morgan fingerprint density at radius 2 is 2.08 bits per heavy atom. The van der Waals surface area contributed by atoms with Crippen molar-refractivity contribution in [3.8, 4) is 5.69 Å². The smallest absolute Gasteiger partial charge is 0.0588 e. The summed E-state index contributed by atoms with van der Waals surface area (Å²) in [5, 5.41) is 2.11. The summed E-state index contributed by atoms with van der Waals surface area (Å²) in [6.45, 7) is 0.717. The quantitative estimate of drug-likeness (QED) is 0.792. The van der Waals surface area contributed by atoms with Gasteiger partial charge < -0.3 is 10.3 Å². The molecule has 2 aromatic heterocycles. The molecule has 2 rings (SSSR count). The molecule has 2 nitrogen and oxygen atoms in total. The van der Waals surface area contributed by atoms with Gasteiger partial charge in [0.05, 0.1) is 5.69 Å². The fourth-order valence-corrected chi connectivity index (χ4v) is 2.27. The Labute approximate surface area is 81.6 Å². The molecule has 0 bridgehead atoms. The second-order valence-electron chi connectivity index (χ2n) is 2.86. The average molecular weight is 192 g/mol. The number of nitrogens with two attached hydrogens (primary N) is 1. The standard InChI is InChI=1S/C10H12N2S/c11-5-3-10-9(4-8-13-10)12-6-1-2-7-12/h1-2,4,6-8H,3,5,11H2. The van der Waals surface area contributed by atoms with E-state index in [0.717, 1.165) is 13.0 Å². The van der Waals surface area contributed by atoms with Gasteiger partial charge in [0.2, 0.25) is 0 Å². The summed E-state index contributed by atoms with van der Waals surface area (Å²) in [5.41, 5.74) is 6.80. The maximum Gasteiger partial charge on any atom is 0.0588 e. The largest absolute Gasteiger partial charge is 0.330 e. The molecule has 3 heteroatoms. The van der Waals surface area contributed by atoms with Crippen LogP contribution >= 0.6 is 11.3 Å².